The molecule has 1 rings (SSSR count). The van der Waals surface area contributed by atoms with Gasteiger partial charge in [-0.25, -0.2) is 0 Å². The monoisotopic (exact) mass is 218 g/mol. The zero-order valence-corrected chi connectivity index (χ0v) is 8.76. The highest BCUT2D eigenvalue weighted by Crippen LogP contribution is 2.13. The van der Waals surface area contributed by atoms with E-state index in [0.29, 0.717) is 6.54 Å². The second-order valence-corrected chi connectivity index (χ2v) is 4.44. The lowest BCUT2D eigenvalue weighted by molar-refractivity contribution is -0.141. The summed E-state index contributed by atoms with van der Waals surface area (Å²) < 4.78 is 0. The van der Waals surface area contributed by atoms with Crippen LogP contribution in [0.4, 0.5) is 0 Å². The fourth-order valence-electron chi connectivity index (χ4n) is 1.10. The van der Waals surface area contributed by atoms with Crippen LogP contribution in [0.5, 0.6) is 0 Å². The van der Waals surface area contributed by atoms with Gasteiger partial charge in [0.15, 0.2) is 0 Å². The molecule has 1 heterocycles. The largest absolute Gasteiger partial charge is 0.480 e. The molecule has 0 saturated carbocycles. The number of hydrogen-bond acceptors (Lipinski definition) is 4. The summed E-state index contributed by atoms with van der Waals surface area (Å²) in [6.45, 7) is 2.98. The molecule has 0 aromatic rings. The van der Waals surface area contributed by atoms with Gasteiger partial charge in [0.2, 0.25) is 5.91 Å². The molecule has 1 amide bonds. The predicted molar refractivity (Wildman–Crippen MR) is 54.4 cm³/mol. The summed E-state index contributed by atoms with van der Waals surface area (Å²) in [5.41, 5.74) is 0. The second kappa shape index (κ2) is 5.21. The SMILES string of the molecule is C[C@H](NC(=O)C1CNCCS1)C(=O)O. The van der Waals surface area contributed by atoms with Gasteiger partial charge in [-0.3, -0.25) is 9.59 Å². The molecule has 1 unspecified atom stereocenters. The first-order valence-corrected chi connectivity index (χ1v) is 5.51. The third-order valence-electron chi connectivity index (χ3n) is 1.95. The van der Waals surface area contributed by atoms with Crippen molar-refractivity contribution in [2.75, 3.05) is 18.8 Å². The molecular formula is C8H14N2O3S. The van der Waals surface area contributed by atoms with Crippen molar-refractivity contribution in [3.8, 4) is 0 Å². The van der Waals surface area contributed by atoms with Gasteiger partial charge in [-0.15, -0.1) is 11.8 Å². The molecule has 80 valence electrons. The Kier molecular flexibility index (Phi) is 4.21. The number of carbonyl (C=O) groups is 2. The van der Waals surface area contributed by atoms with E-state index < -0.39 is 12.0 Å². The van der Waals surface area contributed by atoms with Crippen LogP contribution in [0.25, 0.3) is 0 Å². The Bertz CT molecular complexity index is 229. The molecule has 0 radical (unpaired) electrons. The lowest BCUT2D eigenvalue weighted by Gasteiger charge is -2.22. The number of aliphatic carboxylic acids is 1. The van der Waals surface area contributed by atoms with Crippen LogP contribution >= 0.6 is 11.8 Å². The van der Waals surface area contributed by atoms with Gasteiger partial charge in [-0.2, -0.15) is 0 Å². The molecule has 3 N–H and O–H groups in total. The molecule has 0 aromatic heterocycles. The van der Waals surface area contributed by atoms with Crippen molar-refractivity contribution in [2.24, 2.45) is 0 Å². The van der Waals surface area contributed by atoms with Crippen molar-refractivity contribution in [1.82, 2.24) is 10.6 Å². The van der Waals surface area contributed by atoms with Crippen LogP contribution in [-0.4, -0.2) is 47.1 Å². The van der Waals surface area contributed by atoms with Gasteiger partial charge in [0.1, 0.15) is 6.04 Å². The quantitative estimate of drug-likeness (QED) is 0.583. The van der Waals surface area contributed by atoms with Gasteiger partial charge in [-0.05, 0) is 6.92 Å². The molecule has 1 aliphatic rings. The Morgan fingerprint density at radius 3 is 2.86 bits per heavy atom. The summed E-state index contributed by atoms with van der Waals surface area (Å²) in [7, 11) is 0. The molecule has 1 saturated heterocycles. The number of carbonyl (C=O) groups excluding carboxylic acids is 1. The minimum Gasteiger partial charge on any atom is -0.480 e. The van der Waals surface area contributed by atoms with Gasteiger partial charge in [0, 0.05) is 18.8 Å². The van der Waals surface area contributed by atoms with E-state index >= 15 is 0 Å². The molecule has 0 spiro atoms. The number of hydrogen-bond donors (Lipinski definition) is 3. The zero-order valence-electron chi connectivity index (χ0n) is 7.95. The Morgan fingerprint density at radius 2 is 2.36 bits per heavy atom. The van der Waals surface area contributed by atoms with Crippen molar-refractivity contribution in [3.63, 3.8) is 0 Å². The third-order valence-corrected chi connectivity index (χ3v) is 3.17. The Labute approximate surface area is 86.6 Å². The third kappa shape index (κ3) is 3.19. The number of nitrogens with one attached hydrogen (secondary N) is 2. The number of amides is 1. The van der Waals surface area contributed by atoms with E-state index in [9.17, 15) is 9.59 Å². The first kappa shape index (κ1) is 11.3. The number of carboxylic acid groups (broad SMARTS) is 1. The highest BCUT2D eigenvalue weighted by atomic mass is 32.2. The van der Waals surface area contributed by atoms with E-state index in [2.05, 4.69) is 10.6 Å². The van der Waals surface area contributed by atoms with E-state index in [4.69, 9.17) is 5.11 Å². The Balaban J connectivity index is 2.36. The lowest BCUT2D eigenvalue weighted by Crippen LogP contribution is -2.47. The lowest BCUT2D eigenvalue weighted by atomic mass is 10.3. The molecule has 0 aliphatic carbocycles. The fraction of sp³-hybridized carbons (Fsp3) is 0.750. The average molecular weight is 218 g/mol. The molecule has 1 fully saturated rings. The van der Waals surface area contributed by atoms with Gasteiger partial charge in [0.25, 0.3) is 0 Å². The second-order valence-electron chi connectivity index (χ2n) is 3.13. The van der Waals surface area contributed by atoms with Gasteiger partial charge in [0.05, 0.1) is 5.25 Å². The predicted octanol–water partition coefficient (Wildman–Crippen LogP) is -0.719. The first-order chi connectivity index (χ1) is 6.61. The maximum Gasteiger partial charge on any atom is 0.325 e. The smallest absolute Gasteiger partial charge is 0.325 e. The fourth-order valence-corrected chi connectivity index (χ4v) is 2.10. The number of thioether (sulfide) groups is 1. The Hall–Kier alpha value is -0.750. The van der Waals surface area contributed by atoms with Crippen molar-refractivity contribution in [2.45, 2.75) is 18.2 Å². The van der Waals surface area contributed by atoms with Crippen LogP contribution in [0.1, 0.15) is 6.92 Å². The van der Waals surface area contributed by atoms with Crippen LogP contribution in [0.2, 0.25) is 0 Å². The van der Waals surface area contributed by atoms with E-state index in [1.165, 1.54) is 6.92 Å². The highest BCUT2D eigenvalue weighted by Gasteiger charge is 2.24. The van der Waals surface area contributed by atoms with E-state index in [0.717, 1.165) is 12.3 Å². The van der Waals surface area contributed by atoms with Gasteiger partial charge >= 0.3 is 5.97 Å². The molecule has 2 atom stereocenters. The summed E-state index contributed by atoms with van der Waals surface area (Å²) in [5.74, 6) is -0.316. The minimum atomic E-state index is -1.01. The van der Waals surface area contributed by atoms with Crippen molar-refractivity contribution in [1.29, 1.82) is 0 Å². The first-order valence-electron chi connectivity index (χ1n) is 4.46. The van der Waals surface area contributed by atoms with E-state index in [1.807, 2.05) is 0 Å². The van der Waals surface area contributed by atoms with Crippen LogP contribution in [-0.2, 0) is 9.59 Å². The van der Waals surface area contributed by atoms with E-state index in [1.54, 1.807) is 11.8 Å². The topological polar surface area (TPSA) is 78.4 Å². The van der Waals surface area contributed by atoms with Gasteiger partial charge in [-0.1, -0.05) is 0 Å². The molecule has 14 heavy (non-hydrogen) atoms. The highest BCUT2D eigenvalue weighted by molar-refractivity contribution is 8.00. The summed E-state index contributed by atoms with van der Waals surface area (Å²) in [4.78, 5) is 22.0. The standard InChI is InChI=1S/C8H14N2O3S/c1-5(8(12)13)10-7(11)6-4-9-2-3-14-6/h5-6,9H,2-4H2,1H3,(H,10,11)(H,12,13)/t5-,6?/m0/s1. The maximum atomic E-state index is 11.5. The van der Waals surface area contributed by atoms with Crippen molar-refractivity contribution >= 4 is 23.6 Å². The zero-order chi connectivity index (χ0) is 10.6. The van der Waals surface area contributed by atoms with Crippen LogP contribution in [0, 0.1) is 0 Å². The van der Waals surface area contributed by atoms with Crippen LogP contribution in [0.3, 0.4) is 0 Å². The van der Waals surface area contributed by atoms with Crippen LogP contribution < -0.4 is 10.6 Å². The van der Waals surface area contributed by atoms with Crippen molar-refractivity contribution in [3.05, 3.63) is 0 Å². The molecule has 1 aliphatic heterocycles. The summed E-state index contributed by atoms with van der Waals surface area (Å²) in [6, 6.07) is -0.815. The Morgan fingerprint density at radius 1 is 1.64 bits per heavy atom. The summed E-state index contributed by atoms with van der Waals surface area (Å²) in [5, 5.41) is 14.0. The van der Waals surface area contributed by atoms with Crippen molar-refractivity contribution < 1.29 is 14.7 Å². The molecule has 0 aromatic carbocycles. The number of carboxylic acids is 1. The van der Waals surface area contributed by atoms with E-state index in [-0.39, 0.29) is 11.2 Å². The minimum absolute atomic E-state index is 0.162. The number of rotatable bonds is 3. The van der Waals surface area contributed by atoms with Gasteiger partial charge < -0.3 is 15.7 Å². The molecular weight excluding hydrogens is 204 g/mol. The molecule has 6 heteroatoms. The summed E-state index contributed by atoms with van der Waals surface area (Å²) >= 11 is 1.56. The van der Waals surface area contributed by atoms with Crippen LogP contribution in [0.15, 0.2) is 0 Å². The molecule has 0 bridgehead atoms. The average Bonchev–Trinajstić information content (AvgIpc) is 2.19. The molecule has 5 nitrogen and oxygen atoms in total. The summed E-state index contributed by atoms with van der Waals surface area (Å²) in [6.07, 6.45) is 0. The normalized spacial score (nSPS) is 23.9. The maximum absolute atomic E-state index is 11.5.